The Balaban J connectivity index is 2.02. The van der Waals surface area contributed by atoms with Crippen molar-refractivity contribution in [1.29, 1.82) is 0 Å². The summed E-state index contributed by atoms with van der Waals surface area (Å²) in [5.41, 5.74) is -0.352. The van der Waals surface area contributed by atoms with Gasteiger partial charge in [0.1, 0.15) is 18.0 Å². The number of urea groups is 1. The highest BCUT2D eigenvalue weighted by Gasteiger charge is 2.54. The summed E-state index contributed by atoms with van der Waals surface area (Å²) in [6.07, 6.45) is 0.744. The molecule has 3 rings (SSSR count). The zero-order valence-electron chi connectivity index (χ0n) is 18.1. The second-order valence-corrected chi connectivity index (χ2v) is 7.41. The Morgan fingerprint density at radius 2 is 1.48 bits per heavy atom. The minimum Gasteiger partial charge on any atom is -0.497 e. The van der Waals surface area contributed by atoms with Crippen molar-refractivity contribution in [2.45, 2.75) is 31.8 Å². The molecule has 1 aliphatic rings. The van der Waals surface area contributed by atoms with Crippen LogP contribution in [0.1, 0.15) is 31.4 Å². The van der Waals surface area contributed by atoms with E-state index in [2.05, 4.69) is 10.6 Å². The summed E-state index contributed by atoms with van der Waals surface area (Å²) in [6, 6.07) is 13.1. The number of amides is 4. The predicted octanol–water partition coefficient (Wildman–Crippen LogP) is 2.41. The van der Waals surface area contributed by atoms with Gasteiger partial charge >= 0.3 is 6.03 Å². The highest BCUT2D eigenvalue weighted by atomic mass is 16.5. The molecule has 0 saturated carbocycles. The van der Waals surface area contributed by atoms with Crippen LogP contribution < -0.4 is 20.1 Å². The Morgan fingerprint density at radius 3 is 1.90 bits per heavy atom. The Kier molecular flexibility index (Phi) is 6.48. The van der Waals surface area contributed by atoms with Crippen molar-refractivity contribution >= 4 is 17.8 Å². The lowest BCUT2D eigenvalue weighted by molar-refractivity contribution is -0.134. The topological polar surface area (TPSA) is 97.0 Å². The molecule has 2 aromatic rings. The van der Waals surface area contributed by atoms with E-state index >= 15 is 0 Å². The maximum atomic E-state index is 13.6. The van der Waals surface area contributed by atoms with Crippen LogP contribution in [0.2, 0.25) is 0 Å². The number of carbonyl (C=O) groups excluding carboxylic acids is 3. The van der Waals surface area contributed by atoms with Crippen LogP contribution in [0.4, 0.5) is 4.79 Å². The molecule has 2 aromatic carbocycles. The lowest BCUT2D eigenvalue weighted by atomic mass is 9.82. The maximum Gasteiger partial charge on any atom is 0.326 e. The number of nitrogens with zero attached hydrogens (tertiary/aromatic N) is 1. The van der Waals surface area contributed by atoms with Gasteiger partial charge in [0.15, 0.2) is 5.54 Å². The molecule has 0 aromatic heterocycles. The van der Waals surface area contributed by atoms with E-state index < -0.39 is 23.4 Å². The van der Waals surface area contributed by atoms with E-state index in [4.69, 9.17) is 9.47 Å². The van der Waals surface area contributed by atoms with Crippen molar-refractivity contribution in [3.63, 3.8) is 0 Å². The minimum atomic E-state index is -1.47. The first-order valence-corrected chi connectivity index (χ1v) is 10.1. The van der Waals surface area contributed by atoms with Crippen molar-refractivity contribution in [2.75, 3.05) is 20.8 Å². The van der Waals surface area contributed by atoms with E-state index in [0.29, 0.717) is 22.6 Å². The van der Waals surface area contributed by atoms with Gasteiger partial charge in [-0.2, -0.15) is 0 Å². The van der Waals surface area contributed by atoms with Crippen LogP contribution in [0.25, 0.3) is 0 Å². The molecule has 1 heterocycles. The smallest absolute Gasteiger partial charge is 0.326 e. The zero-order valence-corrected chi connectivity index (χ0v) is 18.1. The van der Waals surface area contributed by atoms with Gasteiger partial charge in [-0.25, -0.2) is 4.79 Å². The molecule has 0 spiro atoms. The number of hydrogen-bond acceptors (Lipinski definition) is 5. The van der Waals surface area contributed by atoms with E-state index in [9.17, 15) is 14.4 Å². The standard InChI is InChI=1S/C23H27N3O5/c1-5-15(2)24-20(27)14-26-21(28)23(25-22(26)29,16-6-10-18(30-3)11-7-16)17-8-12-19(31-4)13-9-17/h6-13,15H,5,14H2,1-4H3,(H,24,27)(H,25,29). The number of benzene rings is 2. The van der Waals surface area contributed by atoms with Crippen LogP contribution in [0, 0.1) is 0 Å². The summed E-state index contributed by atoms with van der Waals surface area (Å²) >= 11 is 0. The van der Waals surface area contributed by atoms with Crippen LogP contribution in [-0.4, -0.2) is 49.6 Å². The minimum absolute atomic E-state index is 0.0544. The summed E-state index contributed by atoms with van der Waals surface area (Å²) in [5, 5.41) is 5.61. The van der Waals surface area contributed by atoms with Crippen LogP contribution in [0.3, 0.4) is 0 Å². The molecule has 2 N–H and O–H groups in total. The molecular formula is C23H27N3O5. The fourth-order valence-corrected chi connectivity index (χ4v) is 3.53. The molecule has 0 radical (unpaired) electrons. The Labute approximate surface area is 181 Å². The first-order chi connectivity index (χ1) is 14.8. The molecule has 1 saturated heterocycles. The number of carbonyl (C=O) groups is 3. The molecular weight excluding hydrogens is 398 g/mol. The van der Waals surface area contributed by atoms with Gasteiger partial charge in [0.2, 0.25) is 5.91 Å². The van der Waals surface area contributed by atoms with Crippen molar-refractivity contribution < 1.29 is 23.9 Å². The highest BCUT2D eigenvalue weighted by Crippen LogP contribution is 2.37. The number of hydrogen-bond donors (Lipinski definition) is 2. The van der Waals surface area contributed by atoms with Gasteiger partial charge in [-0.05, 0) is 48.7 Å². The Morgan fingerprint density at radius 1 is 1.00 bits per heavy atom. The van der Waals surface area contributed by atoms with Crippen molar-refractivity contribution in [2.24, 2.45) is 0 Å². The van der Waals surface area contributed by atoms with Gasteiger partial charge in [0.25, 0.3) is 5.91 Å². The molecule has 164 valence electrons. The molecule has 31 heavy (non-hydrogen) atoms. The van der Waals surface area contributed by atoms with Gasteiger partial charge in [-0.3, -0.25) is 14.5 Å². The van der Waals surface area contributed by atoms with Crippen LogP contribution in [0.15, 0.2) is 48.5 Å². The first-order valence-electron chi connectivity index (χ1n) is 10.1. The Bertz CT molecular complexity index is 909. The molecule has 1 unspecified atom stereocenters. The predicted molar refractivity (Wildman–Crippen MR) is 115 cm³/mol. The molecule has 4 amide bonds. The number of ether oxygens (including phenoxy) is 2. The average molecular weight is 425 g/mol. The quantitative estimate of drug-likeness (QED) is 0.633. The third-order valence-corrected chi connectivity index (χ3v) is 5.47. The monoisotopic (exact) mass is 425 g/mol. The fourth-order valence-electron chi connectivity index (χ4n) is 3.53. The number of imide groups is 1. The largest absolute Gasteiger partial charge is 0.497 e. The van der Waals surface area contributed by atoms with Gasteiger partial charge in [-0.15, -0.1) is 0 Å². The zero-order chi connectivity index (χ0) is 22.6. The highest BCUT2D eigenvalue weighted by molar-refractivity contribution is 6.11. The lowest BCUT2D eigenvalue weighted by Crippen LogP contribution is -2.46. The molecule has 8 heteroatoms. The third kappa shape index (κ3) is 4.19. The summed E-state index contributed by atoms with van der Waals surface area (Å²) in [7, 11) is 3.10. The van der Waals surface area contributed by atoms with E-state index in [-0.39, 0.29) is 12.6 Å². The van der Waals surface area contributed by atoms with Gasteiger partial charge < -0.3 is 20.1 Å². The molecule has 0 aliphatic carbocycles. The van der Waals surface area contributed by atoms with E-state index in [1.54, 1.807) is 62.8 Å². The van der Waals surface area contributed by atoms with Gasteiger partial charge in [-0.1, -0.05) is 31.2 Å². The lowest BCUT2D eigenvalue weighted by Gasteiger charge is -2.28. The average Bonchev–Trinajstić information content (AvgIpc) is 3.04. The fraction of sp³-hybridized carbons (Fsp3) is 0.348. The first kappa shape index (κ1) is 22.1. The molecule has 1 fully saturated rings. The molecule has 1 atom stereocenters. The second kappa shape index (κ2) is 9.07. The number of methoxy groups -OCH3 is 2. The molecule has 1 aliphatic heterocycles. The van der Waals surface area contributed by atoms with Crippen LogP contribution in [0.5, 0.6) is 11.5 Å². The van der Waals surface area contributed by atoms with Crippen molar-refractivity contribution in [1.82, 2.24) is 15.5 Å². The number of nitrogens with one attached hydrogen (secondary N) is 2. The second-order valence-electron chi connectivity index (χ2n) is 7.41. The molecule has 0 bridgehead atoms. The summed E-state index contributed by atoms with van der Waals surface area (Å²) in [6.45, 7) is 3.45. The van der Waals surface area contributed by atoms with Crippen LogP contribution in [-0.2, 0) is 15.1 Å². The van der Waals surface area contributed by atoms with Crippen LogP contribution >= 0.6 is 0 Å². The van der Waals surface area contributed by atoms with Crippen molar-refractivity contribution in [3.05, 3.63) is 59.7 Å². The molecule has 8 nitrogen and oxygen atoms in total. The number of rotatable bonds is 8. The van der Waals surface area contributed by atoms with E-state index in [1.165, 1.54) is 0 Å². The SMILES string of the molecule is CCC(C)NC(=O)CN1C(=O)NC(c2ccc(OC)cc2)(c2ccc(OC)cc2)C1=O. The summed E-state index contributed by atoms with van der Waals surface area (Å²) in [5.74, 6) is 0.329. The van der Waals surface area contributed by atoms with E-state index in [1.807, 2.05) is 13.8 Å². The normalized spacial score (nSPS) is 15.9. The maximum absolute atomic E-state index is 13.6. The van der Waals surface area contributed by atoms with Gasteiger partial charge in [0.05, 0.1) is 14.2 Å². The third-order valence-electron chi connectivity index (χ3n) is 5.47. The van der Waals surface area contributed by atoms with Crippen molar-refractivity contribution in [3.8, 4) is 11.5 Å². The van der Waals surface area contributed by atoms with E-state index in [0.717, 1.165) is 11.3 Å². The summed E-state index contributed by atoms with van der Waals surface area (Å²) in [4.78, 5) is 39.8. The summed E-state index contributed by atoms with van der Waals surface area (Å²) < 4.78 is 10.4. The van der Waals surface area contributed by atoms with Gasteiger partial charge in [0, 0.05) is 6.04 Å². The Hall–Kier alpha value is -3.55.